The summed E-state index contributed by atoms with van der Waals surface area (Å²) in [4.78, 5) is 15.9. The van der Waals surface area contributed by atoms with Gasteiger partial charge in [0.2, 0.25) is 5.88 Å². The molecule has 0 spiro atoms. The number of hydrogen-bond donors (Lipinski definition) is 1. The third kappa shape index (κ3) is 2.60. The highest BCUT2D eigenvalue weighted by Crippen LogP contribution is 2.12. The summed E-state index contributed by atoms with van der Waals surface area (Å²) in [5.74, 6) is 0.206. The summed E-state index contributed by atoms with van der Waals surface area (Å²) in [7, 11) is 1.49. The second-order valence-corrected chi connectivity index (χ2v) is 3.64. The Morgan fingerprint density at radius 2 is 2.17 bits per heavy atom. The van der Waals surface area contributed by atoms with Gasteiger partial charge in [0.1, 0.15) is 5.69 Å². The number of carbonyl (C=O) groups excluding carboxylic acids is 1. The molecule has 6 heteroatoms. The van der Waals surface area contributed by atoms with Crippen LogP contribution in [0.15, 0.2) is 30.6 Å². The molecule has 0 unspecified atom stereocenters. The van der Waals surface area contributed by atoms with Gasteiger partial charge >= 0.3 is 0 Å². The Labute approximate surface area is 104 Å². The van der Waals surface area contributed by atoms with E-state index in [1.807, 2.05) is 0 Å². The zero-order valence-corrected chi connectivity index (χ0v) is 9.83. The number of anilines is 1. The lowest BCUT2D eigenvalue weighted by molar-refractivity contribution is 0.0987. The van der Waals surface area contributed by atoms with Gasteiger partial charge in [-0.15, -0.1) is 10.2 Å². The number of ether oxygens (including phenoxy) is 1. The van der Waals surface area contributed by atoms with Gasteiger partial charge in [-0.25, -0.2) is 0 Å². The van der Waals surface area contributed by atoms with Crippen LogP contribution >= 0.6 is 0 Å². The van der Waals surface area contributed by atoms with Gasteiger partial charge in [-0.1, -0.05) is 0 Å². The Balaban J connectivity index is 2.14. The molecular weight excluding hydrogens is 232 g/mol. The number of nitrogens with zero attached hydrogens (tertiary/aromatic N) is 3. The van der Waals surface area contributed by atoms with Gasteiger partial charge in [0, 0.05) is 36.1 Å². The Morgan fingerprint density at radius 1 is 1.33 bits per heavy atom. The van der Waals surface area contributed by atoms with E-state index in [4.69, 9.17) is 10.5 Å². The number of carbonyl (C=O) groups is 1. The van der Waals surface area contributed by atoms with Crippen LogP contribution in [0.1, 0.15) is 16.1 Å². The number of nitrogen functional groups attached to an aromatic ring is 1. The first-order chi connectivity index (χ1) is 8.70. The van der Waals surface area contributed by atoms with Gasteiger partial charge in [-0.3, -0.25) is 9.78 Å². The monoisotopic (exact) mass is 244 g/mol. The van der Waals surface area contributed by atoms with E-state index in [1.54, 1.807) is 30.6 Å². The molecule has 0 saturated carbocycles. The smallest absolute Gasteiger partial charge is 0.233 e. The van der Waals surface area contributed by atoms with E-state index < -0.39 is 0 Å². The molecule has 0 bridgehead atoms. The van der Waals surface area contributed by atoms with Crippen LogP contribution in [-0.2, 0) is 6.42 Å². The zero-order chi connectivity index (χ0) is 13.0. The number of nitrogens with two attached hydrogens (primary N) is 1. The summed E-state index contributed by atoms with van der Waals surface area (Å²) < 4.78 is 4.87. The summed E-state index contributed by atoms with van der Waals surface area (Å²) in [5.41, 5.74) is 7.24. The average molecular weight is 244 g/mol. The van der Waals surface area contributed by atoms with Gasteiger partial charge in [-0.05, 0) is 12.1 Å². The molecule has 18 heavy (non-hydrogen) atoms. The van der Waals surface area contributed by atoms with Gasteiger partial charge in [0.15, 0.2) is 5.78 Å². The largest absolute Gasteiger partial charge is 0.480 e. The molecule has 0 saturated heterocycles. The predicted molar refractivity (Wildman–Crippen MR) is 65.3 cm³/mol. The Hall–Kier alpha value is -2.50. The van der Waals surface area contributed by atoms with Crippen molar-refractivity contribution in [2.75, 3.05) is 12.8 Å². The molecule has 2 rings (SSSR count). The summed E-state index contributed by atoms with van der Waals surface area (Å²) in [6, 6.07) is 4.82. The standard InChI is InChI=1S/C12H12N4O2/c1-18-12-3-2-10(15-16-12)11(17)6-8-7-14-5-4-9(8)13/h2-5,7H,6H2,1H3,(H2,13,14). The van der Waals surface area contributed by atoms with Gasteiger partial charge in [0.25, 0.3) is 0 Å². The number of pyridine rings is 1. The van der Waals surface area contributed by atoms with E-state index in [-0.39, 0.29) is 17.9 Å². The highest BCUT2D eigenvalue weighted by atomic mass is 16.5. The highest BCUT2D eigenvalue weighted by Gasteiger charge is 2.11. The first kappa shape index (κ1) is 12.0. The van der Waals surface area contributed by atoms with Gasteiger partial charge < -0.3 is 10.5 Å². The molecule has 2 aromatic rings. The van der Waals surface area contributed by atoms with Crippen molar-refractivity contribution in [2.24, 2.45) is 0 Å². The Bertz CT molecular complexity index is 554. The minimum Gasteiger partial charge on any atom is -0.480 e. The number of methoxy groups -OCH3 is 1. The van der Waals surface area contributed by atoms with Crippen LogP contribution in [0, 0.1) is 0 Å². The molecule has 2 heterocycles. The summed E-state index contributed by atoms with van der Waals surface area (Å²) in [6.45, 7) is 0. The van der Waals surface area contributed by atoms with Crippen LogP contribution in [0.2, 0.25) is 0 Å². The van der Waals surface area contributed by atoms with E-state index in [0.717, 1.165) is 0 Å². The number of rotatable bonds is 4. The van der Waals surface area contributed by atoms with Gasteiger partial charge in [-0.2, -0.15) is 0 Å². The number of ketones is 1. The van der Waals surface area contributed by atoms with Crippen LogP contribution in [0.4, 0.5) is 5.69 Å². The number of Topliss-reactive ketones (excluding diaryl/α,β-unsaturated/α-hetero) is 1. The van der Waals surface area contributed by atoms with Crippen LogP contribution in [0.5, 0.6) is 5.88 Å². The third-order valence-corrected chi connectivity index (χ3v) is 2.43. The van der Waals surface area contributed by atoms with Crippen molar-refractivity contribution in [3.63, 3.8) is 0 Å². The fourth-order valence-corrected chi connectivity index (χ4v) is 1.43. The SMILES string of the molecule is COc1ccc(C(=O)Cc2cnccc2N)nn1. The van der Waals surface area contributed by atoms with Crippen molar-refractivity contribution in [3.8, 4) is 5.88 Å². The Kier molecular flexibility index (Phi) is 3.47. The molecule has 0 atom stereocenters. The van der Waals surface area contributed by atoms with Crippen molar-refractivity contribution in [1.82, 2.24) is 15.2 Å². The maximum atomic E-state index is 11.9. The fourth-order valence-electron chi connectivity index (χ4n) is 1.43. The van der Waals surface area contributed by atoms with Crippen molar-refractivity contribution in [2.45, 2.75) is 6.42 Å². The van der Waals surface area contributed by atoms with Crippen molar-refractivity contribution >= 4 is 11.5 Å². The van der Waals surface area contributed by atoms with Crippen LogP contribution in [0.25, 0.3) is 0 Å². The maximum absolute atomic E-state index is 11.9. The molecule has 0 fully saturated rings. The zero-order valence-electron chi connectivity index (χ0n) is 9.83. The lowest BCUT2D eigenvalue weighted by Crippen LogP contribution is -2.09. The van der Waals surface area contributed by atoms with Crippen LogP contribution in [-0.4, -0.2) is 28.1 Å². The second kappa shape index (κ2) is 5.22. The summed E-state index contributed by atoms with van der Waals surface area (Å²) in [5, 5.41) is 7.53. The van der Waals surface area contributed by atoms with Crippen LogP contribution < -0.4 is 10.5 Å². The molecule has 92 valence electrons. The average Bonchev–Trinajstić information content (AvgIpc) is 2.41. The van der Waals surface area contributed by atoms with E-state index >= 15 is 0 Å². The third-order valence-electron chi connectivity index (χ3n) is 2.43. The molecule has 0 aliphatic heterocycles. The normalized spacial score (nSPS) is 10.1. The quantitative estimate of drug-likeness (QED) is 0.803. The molecule has 0 aliphatic rings. The molecule has 2 aromatic heterocycles. The lowest BCUT2D eigenvalue weighted by atomic mass is 10.1. The molecule has 0 aliphatic carbocycles. The van der Waals surface area contributed by atoms with E-state index in [0.29, 0.717) is 17.1 Å². The topological polar surface area (TPSA) is 91.0 Å². The second-order valence-electron chi connectivity index (χ2n) is 3.64. The molecule has 0 amide bonds. The maximum Gasteiger partial charge on any atom is 0.233 e. The molecular formula is C12H12N4O2. The minimum absolute atomic E-state index is 0.153. The fraction of sp³-hybridized carbons (Fsp3) is 0.167. The minimum atomic E-state index is -0.162. The predicted octanol–water partition coefficient (Wildman–Crippen LogP) is 0.888. The van der Waals surface area contributed by atoms with Crippen molar-refractivity contribution in [1.29, 1.82) is 0 Å². The van der Waals surface area contributed by atoms with Crippen molar-refractivity contribution < 1.29 is 9.53 Å². The van der Waals surface area contributed by atoms with E-state index in [2.05, 4.69) is 15.2 Å². The van der Waals surface area contributed by atoms with E-state index in [9.17, 15) is 4.79 Å². The Morgan fingerprint density at radius 3 is 2.78 bits per heavy atom. The number of hydrogen-bond acceptors (Lipinski definition) is 6. The summed E-state index contributed by atoms with van der Waals surface area (Å²) in [6.07, 6.45) is 3.31. The highest BCUT2D eigenvalue weighted by molar-refractivity contribution is 5.96. The lowest BCUT2D eigenvalue weighted by Gasteiger charge is -2.03. The van der Waals surface area contributed by atoms with Crippen molar-refractivity contribution in [3.05, 3.63) is 41.9 Å². The number of aromatic nitrogens is 3. The first-order valence-electron chi connectivity index (χ1n) is 5.30. The first-order valence-corrected chi connectivity index (χ1v) is 5.30. The molecule has 2 N–H and O–H groups in total. The summed E-state index contributed by atoms with van der Waals surface area (Å²) >= 11 is 0. The molecule has 0 aromatic carbocycles. The van der Waals surface area contributed by atoms with Gasteiger partial charge in [0.05, 0.1) is 7.11 Å². The molecule has 0 radical (unpaired) electrons. The van der Waals surface area contributed by atoms with E-state index in [1.165, 1.54) is 7.11 Å². The van der Waals surface area contributed by atoms with Crippen LogP contribution in [0.3, 0.4) is 0 Å². The molecule has 6 nitrogen and oxygen atoms in total.